The molecule has 1 aromatic rings. The predicted molar refractivity (Wildman–Crippen MR) is 80.6 cm³/mol. The Bertz CT molecular complexity index is 477. The lowest BCUT2D eigenvalue weighted by Gasteiger charge is -2.35. The smallest absolute Gasteiger partial charge is 0.247 e. The average molecular weight is 274 g/mol. The number of amides is 1. The third-order valence-electron chi connectivity index (χ3n) is 3.35. The van der Waals surface area contributed by atoms with E-state index in [1.807, 2.05) is 24.3 Å². The van der Waals surface area contributed by atoms with E-state index in [4.69, 9.17) is 4.74 Å². The van der Waals surface area contributed by atoms with Crippen LogP contribution in [-0.2, 0) is 16.1 Å². The van der Waals surface area contributed by atoms with E-state index in [0.717, 1.165) is 30.9 Å². The molecule has 1 heterocycles. The number of carbonyl (C=O) groups excluding carboxylic acids is 1. The summed E-state index contributed by atoms with van der Waals surface area (Å²) in [4.78, 5) is 13.8. The zero-order valence-electron chi connectivity index (χ0n) is 12.1. The van der Waals surface area contributed by atoms with Crippen LogP contribution in [0, 0.1) is 0 Å². The Kier molecular flexibility index (Phi) is 4.93. The van der Waals surface area contributed by atoms with Crippen molar-refractivity contribution < 1.29 is 9.53 Å². The average Bonchev–Trinajstić information content (AvgIpc) is 2.39. The van der Waals surface area contributed by atoms with Crippen LogP contribution >= 0.6 is 0 Å². The summed E-state index contributed by atoms with van der Waals surface area (Å²) in [6.07, 6.45) is 1.78. The lowest BCUT2D eigenvalue weighted by molar-refractivity contribution is -0.111. The van der Waals surface area contributed by atoms with Gasteiger partial charge in [-0.3, -0.25) is 9.69 Å². The molecule has 20 heavy (non-hydrogen) atoms. The number of morpholine rings is 1. The number of para-hydroxylation sites is 1. The van der Waals surface area contributed by atoms with Crippen molar-refractivity contribution in [3.63, 3.8) is 0 Å². The van der Waals surface area contributed by atoms with Crippen LogP contribution in [-0.4, -0.2) is 36.1 Å². The van der Waals surface area contributed by atoms with E-state index >= 15 is 0 Å². The van der Waals surface area contributed by atoms with Crippen LogP contribution < -0.4 is 5.32 Å². The standard InChI is InChI=1S/C16H22N2O2/c1-4-16(19)17-15-8-6-5-7-14(15)11-18-9-12(2)20-13(3)10-18/h4-8,12-13H,1,9-11H2,2-3H3,(H,17,19). The summed E-state index contributed by atoms with van der Waals surface area (Å²) < 4.78 is 5.74. The van der Waals surface area contributed by atoms with Crippen molar-refractivity contribution in [2.24, 2.45) is 0 Å². The molecule has 2 atom stereocenters. The summed E-state index contributed by atoms with van der Waals surface area (Å²) in [6, 6.07) is 7.88. The van der Waals surface area contributed by atoms with Crippen LogP contribution in [0.3, 0.4) is 0 Å². The molecule has 1 aliphatic rings. The van der Waals surface area contributed by atoms with Gasteiger partial charge < -0.3 is 10.1 Å². The second-order valence-electron chi connectivity index (χ2n) is 5.30. The first-order valence-electron chi connectivity index (χ1n) is 6.97. The highest BCUT2D eigenvalue weighted by atomic mass is 16.5. The zero-order chi connectivity index (χ0) is 14.5. The van der Waals surface area contributed by atoms with E-state index in [1.54, 1.807) is 0 Å². The van der Waals surface area contributed by atoms with Crippen molar-refractivity contribution in [2.75, 3.05) is 18.4 Å². The molecule has 1 amide bonds. The zero-order valence-corrected chi connectivity index (χ0v) is 12.1. The fourth-order valence-corrected chi connectivity index (χ4v) is 2.62. The van der Waals surface area contributed by atoms with Crippen molar-refractivity contribution in [3.05, 3.63) is 42.5 Å². The van der Waals surface area contributed by atoms with Gasteiger partial charge in [-0.05, 0) is 31.6 Å². The number of rotatable bonds is 4. The van der Waals surface area contributed by atoms with Crippen molar-refractivity contribution >= 4 is 11.6 Å². The molecule has 1 fully saturated rings. The van der Waals surface area contributed by atoms with Gasteiger partial charge in [0.25, 0.3) is 0 Å². The first-order valence-corrected chi connectivity index (χ1v) is 6.97. The lowest BCUT2D eigenvalue weighted by atomic mass is 10.1. The maximum atomic E-state index is 11.5. The molecule has 1 aliphatic heterocycles. The molecule has 0 bridgehead atoms. The fourth-order valence-electron chi connectivity index (χ4n) is 2.62. The van der Waals surface area contributed by atoms with Gasteiger partial charge >= 0.3 is 0 Å². The van der Waals surface area contributed by atoms with Gasteiger partial charge in [-0.25, -0.2) is 0 Å². The molecule has 4 nitrogen and oxygen atoms in total. The van der Waals surface area contributed by atoms with Gasteiger partial charge in [-0.2, -0.15) is 0 Å². The van der Waals surface area contributed by atoms with Crippen molar-refractivity contribution in [3.8, 4) is 0 Å². The first-order chi connectivity index (χ1) is 9.58. The van der Waals surface area contributed by atoms with Gasteiger partial charge in [0.2, 0.25) is 5.91 Å². The molecular weight excluding hydrogens is 252 g/mol. The van der Waals surface area contributed by atoms with Crippen LogP contribution in [0.1, 0.15) is 19.4 Å². The Labute approximate surface area is 120 Å². The summed E-state index contributed by atoms with van der Waals surface area (Å²) in [5.41, 5.74) is 1.97. The number of nitrogens with one attached hydrogen (secondary N) is 1. The number of hydrogen-bond donors (Lipinski definition) is 1. The molecule has 0 radical (unpaired) electrons. The maximum absolute atomic E-state index is 11.5. The highest BCUT2D eigenvalue weighted by Gasteiger charge is 2.22. The monoisotopic (exact) mass is 274 g/mol. The lowest BCUT2D eigenvalue weighted by Crippen LogP contribution is -2.44. The highest BCUT2D eigenvalue weighted by molar-refractivity contribution is 5.99. The second kappa shape index (κ2) is 6.68. The van der Waals surface area contributed by atoms with Crippen LogP contribution in [0.2, 0.25) is 0 Å². The number of carbonyl (C=O) groups is 1. The van der Waals surface area contributed by atoms with E-state index in [-0.39, 0.29) is 18.1 Å². The molecule has 0 aliphatic carbocycles. The summed E-state index contributed by atoms with van der Waals surface area (Å²) >= 11 is 0. The van der Waals surface area contributed by atoms with E-state index in [9.17, 15) is 4.79 Å². The minimum atomic E-state index is -0.179. The van der Waals surface area contributed by atoms with E-state index in [2.05, 4.69) is 30.6 Å². The molecule has 1 N–H and O–H groups in total. The molecule has 4 heteroatoms. The number of hydrogen-bond acceptors (Lipinski definition) is 3. The van der Waals surface area contributed by atoms with Gasteiger partial charge in [-0.1, -0.05) is 24.8 Å². The number of benzene rings is 1. The van der Waals surface area contributed by atoms with E-state index < -0.39 is 0 Å². The van der Waals surface area contributed by atoms with Crippen LogP contribution in [0.15, 0.2) is 36.9 Å². The fraction of sp³-hybridized carbons (Fsp3) is 0.438. The highest BCUT2D eigenvalue weighted by Crippen LogP contribution is 2.20. The van der Waals surface area contributed by atoms with Crippen molar-refractivity contribution in [2.45, 2.75) is 32.6 Å². The Hall–Kier alpha value is -1.65. The number of anilines is 1. The molecule has 0 saturated carbocycles. The molecule has 0 spiro atoms. The Balaban J connectivity index is 2.08. The third-order valence-corrected chi connectivity index (χ3v) is 3.35. The molecule has 0 aromatic heterocycles. The molecular formula is C16H22N2O2. The van der Waals surface area contributed by atoms with Crippen molar-refractivity contribution in [1.29, 1.82) is 0 Å². The van der Waals surface area contributed by atoms with Gasteiger partial charge in [0.05, 0.1) is 12.2 Å². The van der Waals surface area contributed by atoms with Crippen LogP contribution in [0.25, 0.3) is 0 Å². The minimum absolute atomic E-state index is 0.179. The number of ether oxygens (including phenoxy) is 1. The molecule has 2 unspecified atom stereocenters. The number of nitrogens with zero attached hydrogens (tertiary/aromatic N) is 1. The molecule has 108 valence electrons. The maximum Gasteiger partial charge on any atom is 0.247 e. The molecule has 1 saturated heterocycles. The Morgan fingerprint density at radius 1 is 1.40 bits per heavy atom. The first kappa shape index (κ1) is 14.8. The SMILES string of the molecule is C=CC(=O)Nc1ccccc1CN1CC(C)OC(C)C1. The normalized spacial score (nSPS) is 23.3. The quantitative estimate of drug-likeness (QED) is 0.857. The van der Waals surface area contributed by atoms with Gasteiger partial charge in [0.15, 0.2) is 0 Å². The third kappa shape index (κ3) is 3.92. The van der Waals surface area contributed by atoms with Crippen molar-refractivity contribution in [1.82, 2.24) is 4.90 Å². The second-order valence-corrected chi connectivity index (χ2v) is 5.30. The van der Waals surface area contributed by atoms with Gasteiger partial charge in [0.1, 0.15) is 0 Å². The van der Waals surface area contributed by atoms with Gasteiger partial charge in [-0.15, -0.1) is 0 Å². The largest absolute Gasteiger partial charge is 0.373 e. The Morgan fingerprint density at radius 2 is 2.05 bits per heavy atom. The van der Waals surface area contributed by atoms with E-state index in [1.165, 1.54) is 6.08 Å². The topological polar surface area (TPSA) is 41.6 Å². The summed E-state index contributed by atoms with van der Waals surface area (Å²) in [5, 5.41) is 2.86. The summed E-state index contributed by atoms with van der Waals surface area (Å²) in [5.74, 6) is -0.179. The predicted octanol–water partition coefficient (Wildman–Crippen LogP) is 2.42. The van der Waals surface area contributed by atoms with Gasteiger partial charge in [0, 0.05) is 25.3 Å². The summed E-state index contributed by atoms with van der Waals surface area (Å²) in [6.45, 7) is 10.3. The van der Waals surface area contributed by atoms with E-state index in [0.29, 0.717) is 0 Å². The van der Waals surface area contributed by atoms with Crippen LogP contribution in [0.4, 0.5) is 5.69 Å². The Morgan fingerprint density at radius 3 is 2.70 bits per heavy atom. The molecule has 1 aromatic carbocycles. The summed E-state index contributed by atoms with van der Waals surface area (Å²) in [7, 11) is 0. The minimum Gasteiger partial charge on any atom is -0.373 e. The van der Waals surface area contributed by atoms with Crippen LogP contribution in [0.5, 0.6) is 0 Å². The molecule has 2 rings (SSSR count).